The van der Waals surface area contributed by atoms with E-state index in [1.807, 2.05) is 25.3 Å². The first-order chi connectivity index (χ1) is 8.49. The fourth-order valence-corrected chi connectivity index (χ4v) is 2.32. The molecular weight excluding hydrogens is 249 g/mol. The fraction of sp³-hybridized carbons (Fsp3) is 0.214. The van der Waals surface area contributed by atoms with Crippen LogP contribution in [0.25, 0.3) is 0 Å². The lowest BCUT2D eigenvalue weighted by Crippen LogP contribution is -2.40. The van der Waals surface area contributed by atoms with Gasteiger partial charge in [-0.25, -0.2) is 4.39 Å². The molecule has 4 heteroatoms. The maximum atomic E-state index is 13.2. The van der Waals surface area contributed by atoms with Crippen molar-refractivity contribution >= 4 is 17.2 Å². The molecule has 0 saturated heterocycles. The van der Waals surface area contributed by atoms with Gasteiger partial charge in [-0.3, -0.25) is 4.79 Å². The highest BCUT2D eigenvalue weighted by Gasteiger charge is 2.24. The van der Waals surface area contributed by atoms with E-state index in [-0.39, 0.29) is 11.7 Å². The van der Waals surface area contributed by atoms with E-state index in [2.05, 4.69) is 5.32 Å². The fourth-order valence-electron chi connectivity index (χ4n) is 1.70. The Kier molecular flexibility index (Phi) is 3.48. The number of rotatable bonds is 3. The average molecular weight is 263 g/mol. The van der Waals surface area contributed by atoms with Crippen molar-refractivity contribution < 1.29 is 9.18 Å². The maximum Gasteiger partial charge on any atom is 0.262 e. The number of hydrogen-bond acceptors (Lipinski definition) is 2. The number of thiophene rings is 1. The van der Waals surface area contributed by atoms with Gasteiger partial charge in [-0.2, -0.15) is 0 Å². The van der Waals surface area contributed by atoms with Crippen LogP contribution in [0.5, 0.6) is 0 Å². The highest BCUT2D eigenvalue weighted by molar-refractivity contribution is 7.12. The van der Waals surface area contributed by atoms with Crippen molar-refractivity contribution in [3.63, 3.8) is 0 Å². The van der Waals surface area contributed by atoms with Crippen molar-refractivity contribution in [3.8, 4) is 0 Å². The summed E-state index contributed by atoms with van der Waals surface area (Å²) in [5.74, 6) is -0.440. The van der Waals surface area contributed by atoms with E-state index in [1.165, 1.54) is 23.5 Å². The van der Waals surface area contributed by atoms with Crippen molar-refractivity contribution in [1.82, 2.24) is 5.32 Å². The molecule has 18 heavy (non-hydrogen) atoms. The Morgan fingerprint density at radius 2 is 2.06 bits per heavy atom. The maximum absolute atomic E-state index is 13.2. The van der Waals surface area contributed by atoms with Crippen molar-refractivity contribution in [2.45, 2.75) is 19.4 Å². The molecular formula is C14H14FNOS. The number of nitrogens with one attached hydrogen (secondary N) is 1. The topological polar surface area (TPSA) is 29.1 Å². The van der Waals surface area contributed by atoms with Gasteiger partial charge in [0, 0.05) is 0 Å². The third-order valence-electron chi connectivity index (χ3n) is 2.72. The molecule has 2 aromatic rings. The SMILES string of the molecule is CC(C)(NC(=O)c1cccs1)c1cccc(F)c1. The molecule has 1 amide bonds. The van der Waals surface area contributed by atoms with Crippen LogP contribution in [0.2, 0.25) is 0 Å². The molecule has 1 N–H and O–H groups in total. The predicted molar refractivity (Wildman–Crippen MR) is 71.2 cm³/mol. The predicted octanol–water partition coefficient (Wildman–Crippen LogP) is 3.55. The number of amides is 1. The monoisotopic (exact) mass is 263 g/mol. The second kappa shape index (κ2) is 4.90. The molecule has 0 unspecified atom stereocenters. The second-order valence-corrected chi connectivity index (χ2v) is 5.51. The average Bonchev–Trinajstić information content (AvgIpc) is 2.82. The van der Waals surface area contributed by atoms with Gasteiger partial charge in [-0.15, -0.1) is 11.3 Å². The first-order valence-electron chi connectivity index (χ1n) is 5.61. The molecule has 0 spiro atoms. The molecule has 0 aliphatic heterocycles. The van der Waals surface area contributed by atoms with E-state index in [0.29, 0.717) is 4.88 Å². The number of halogens is 1. The molecule has 0 radical (unpaired) electrons. The molecule has 94 valence electrons. The number of hydrogen-bond donors (Lipinski definition) is 1. The molecule has 0 atom stereocenters. The van der Waals surface area contributed by atoms with E-state index in [4.69, 9.17) is 0 Å². The molecule has 0 fully saturated rings. The summed E-state index contributed by atoms with van der Waals surface area (Å²) in [6.07, 6.45) is 0. The Bertz CT molecular complexity index is 549. The van der Waals surface area contributed by atoms with Gasteiger partial charge in [0.1, 0.15) is 5.82 Å². The summed E-state index contributed by atoms with van der Waals surface area (Å²) < 4.78 is 13.2. The minimum Gasteiger partial charge on any atom is -0.342 e. The van der Waals surface area contributed by atoms with Crippen LogP contribution >= 0.6 is 11.3 Å². The van der Waals surface area contributed by atoms with Crippen molar-refractivity contribution in [2.24, 2.45) is 0 Å². The Morgan fingerprint density at radius 3 is 2.67 bits per heavy atom. The van der Waals surface area contributed by atoms with Crippen LogP contribution in [0, 0.1) is 5.82 Å². The van der Waals surface area contributed by atoms with Crippen LogP contribution in [0.15, 0.2) is 41.8 Å². The van der Waals surface area contributed by atoms with Gasteiger partial charge in [-0.05, 0) is 43.0 Å². The van der Waals surface area contributed by atoms with Crippen LogP contribution in [-0.2, 0) is 5.54 Å². The molecule has 1 aromatic heterocycles. The zero-order valence-electron chi connectivity index (χ0n) is 10.2. The Labute approximate surface area is 109 Å². The minimum atomic E-state index is -0.608. The Balaban J connectivity index is 2.19. The summed E-state index contributed by atoms with van der Waals surface area (Å²) in [6, 6.07) is 9.87. The standard InChI is InChI=1S/C14H14FNOS/c1-14(2,10-5-3-6-11(15)9-10)16-13(17)12-7-4-8-18-12/h3-9H,1-2H3,(H,16,17). The lowest BCUT2D eigenvalue weighted by atomic mass is 9.94. The van der Waals surface area contributed by atoms with Crippen LogP contribution in [-0.4, -0.2) is 5.91 Å². The number of carbonyl (C=O) groups is 1. The summed E-state index contributed by atoms with van der Waals surface area (Å²) in [4.78, 5) is 12.6. The quantitative estimate of drug-likeness (QED) is 0.901. The molecule has 2 rings (SSSR count). The third-order valence-corrected chi connectivity index (χ3v) is 3.59. The largest absolute Gasteiger partial charge is 0.342 e. The molecule has 1 heterocycles. The minimum absolute atomic E-state index is 0.140. The second-order valence-electron chi connectivity index (χ2n) is 4.57. The van der Waals surface area contributed by atoms with Crippen molar-refractivity contribution in [3.05, 3.63) is 58.0 Å². The van der Waals surface area contributed by atoms with Crippen molar-refractivity contribution in [1.29, 1.82) is 0 Å². The molecule has 2 nitrogen and oxygen atoms in total. The first kappa shape index (κ1) is 12.8. The molecule has 0 aliphatic carbocycles. The van der Waals surface area contributed by atoms with Crippen LogP contribution in [0.4, 0.5) is 4.39 Å². The van der Waals surface area contributed by atoms with Crippen LogP contribution in [0.1, 0.15) is 29.1 Å². The van der Waals surface area contributed by atoms with Crippen LogP contribution < -0.4 is 5.32 Å². The van der Waals surface area contributed by atoms with E-state index in [1.54, 1.807) is 18.2 Å². The molecule has 1 aromatic carbocycles. The summed E-state index contributed by atoms with van der Waals surface area (Å²) in [5.41, 5.74) is 0.135. The number of carbonyl (C=O) groups excluding carboxylic acids is 1. The van der Waals surface area contributed by atoms with Gasteiger partial charge in [0.05, 0.1) is 10.4 Å². The molecule has 0 saturated carbocycles. The summed E-state index contributed by atoms with van der Waals surface area (Å²) >= 11 is 1.38. The Morgan fingerprint density at radius 1 is 1.28 bits per heavy atom. The van der Waals surface area contributed by atoms with Gasteiger partial charge in [0.15, 0.2) is 0 Å². The molecule has 0 aliphatic rings. The van der Waals surface area contributed by atoms with E-state index >= 15 is 0 Å². The first-order valence-corrected chi connectivity index (χ1v) is 6.49. The zero-order valence-corrected chi connectivity index (χ0v) is 11.1. The van der Waals surface area contributed by atoms with E-state index in [9.17, 15) is 9.18 Å². The van der Waals surface area contributed by atoms with Gasteiger partial charge in [0.25, 0.3) is 5.91 Å². The third kappa shape index (κ3) is 2.76. The number of benzene rings is 1. The normalized spacial score (nSPS) is 11.3. The van der Waals surface area contributed by atoms with Crippen LogP contribution in [0.3, 0.4) is 0 Å². The summed E-state index contributed by atoms with van der Waals surface area (Å²) in [5, 5.41) is 4.76. The highest BCUT2D eigenvalue weighted by atomic mass is 32.1. The smallest absolute Gasteiger partial charge is 0.262 e. The van der Waals surface area contributed by atoms with Gasteiger partial charge in [0.2, 0.25) is 0 Å². The lowest BCUT2D eigenvalue weighted by Gasteiger charge is -2.26. The highest BCUT2D eigenvalue weighted by Crippen LogP contribution is 2.22. The zero-order chi connectivity index (χ0) is 13.2. The molecule has 0 bridgehead atoms. The van der Waals surface area contributed by atoms with E-state index < -0.39 is 5.54 Å². The summed E-state index contributed by atoms with van der Waals surface area (Å²) in [6.45, 7) is 3.71. The van der Waals surface area contributed by atoms with Gasteiger partial charge in [-0.1, -0.05) is 18.2 Å². The van der Waals surface area contributed by atoms with Gasteiger partial charge < -0.3 is 5.32 Å². The van der Waals surface area contributed by atoms with Crippen molar-refractivity contribution in [2.75, 3.05) is 0 Å². The summed E-state index contributed by atoms with van der Waals surface area (Å²) in [7, 11) is 0. The van der Waals surface area contributed by atoms with E-state index in [0.717, 1.165) is 5.56 Å². The lowest BCUT2D eigenvalue weighted by molar-refractivity contribution is 0.0916. The Hall–Kier alpha value is -1.68. The van der Waals surface area contributed by atoms with Gasteiger partial charge >= 0.3 is 0 Å².